The van der Waals surface area contributed by atoms with Gasteiger partial charge < -0.3 is 10.1 Å². The van der Waals surface area contributed by atoms with E-state index >= 15 is 0 Å². The molecule has 0 bridgehead atoms. The van der Waals surface area contributed by atoms with Gasteiger partial charge in [-0.2, -0.15) is 0 Å². The van der Waals surface area contributed by atoms with Crippen molar-refractivity contribution in [2.24, 2.45) is 0 Å². The predicted molar refractivity (Wildman–Crippen MR) is 102 cm³/mol. The second kappa shape index (κ2) is 7.70. The molecule has 3 rings (SSSR count). The van der Waals surface area contributed by atoms with Crippen LogP contribution in [0, 0.1) is 6.92 Å². The first-order valence-electron chi connectivity index (χ1n) is 8.32. The molecule has 0 amide bonds. The van der Waals surface area contributed by atoms with E-state index in [1.165, 1.54) is 18.1 Å². The highest BCUT2D eigenvalue weighted by atomic mass is 32.2. The SMILES string of the molecule is Cc1ccc(OCCCNc2ncnc3ccc(S(C)(=O)=O)cc23)cc1. The van der Waals surface area contributed by atoms with Crippen molar-refractivity contribution in [2.45, 2.75) is 18.2 Å². The summed E-state index contributed by atoms with van der Waals surface area (Å²) in [5, 5.41) is 3.93. The Morgan fingerprint density at radius 3 is 2.58 bits per heavy atom. The molecule has 0 spiro atoms. The van der Waals surface area contributed by atoms with Gasteiger partial charge in [-0.05, 0) is 43.7 Å². The molecule has 0 aliphatic carbocycles. The lowest BCUT2D eigenvalue weighted by molar-refractivity contribution is 0.315. The Hall–Kier alpha value is -2.67. The van der Waals surface area contributed by atoms with Gasteiger partial charge in [0.05, 0.1) is 17.0 Å². The van der Waals surface area contributed by atoms with Gasteiger partial charge in [0.15, 0.2) is 9.84 Å². The number of aryl methyl sites for hydroxylation is 1. The maximum Gasteiger partial charge on any atom is 0.175 e. The monoisotopic (exact) mass is 371 g/mol. The van der Waals surface area contributed by atoms with Crippen LogP contribution in [0.5, 0.6) is 5.75 Å². The van der Waals surface area contributed by atoms with Gasteiger partial charge in [0.2, 0.25) is 0 Å². The van der Waals surface area contributed by atoms with Gasteiger partial charge in [0, 0.05) is 18.2 Å². The van der Waals surface area contributed by atoms with Crippen LogP contribution in [0.1, 0.15) is 12.0 Å². The Bertz CT molecular complexity index is 1000. The van der Waals surface area contributed by atoms with Crippen LogP contribution in [0.4, 0.5) is 5.82 Å². The van der Waals surface area contributed by atoms with Crippen LogP contribution in [0.25, 0.3) is 10.9 Å². The van der Waals surface area contributed by atoms with Gasteiger partial charge in [-0.15, -0.1) is 0 Å². The molecule has 3 aromatic rings. The fourth-order valence-electron chi connectivity index (χ4n) is 2.51. The molecule has 0 atom stereocenters. The number of anilines is 1. The molecule has 1 aromatic heterocycles. The summed E-state index contributed by atoms with van der Waals surface area (Å²) in [5.74, 6) is 1.47. The molecule has 0 aliphatic rings. The molecule has 1 heterocycles. The van der Waals surface area contributed by atoms with Crippen molar-refractivity contribution < 1.29 is 13.2 Å². The smallest absolute Gasteiger partial charge is 0.175 e. The predicted octanol–water partition coefficient (Wildman–Crippen LogP) is 3.22. The van der Waals surface area contributed by atoms with E-state index in [0.717, 1.165) is 12.2 Å². The normalized spacial score (nSPS) is 11.5. The van der Waals surface area contributed by atoms with Crippen LogP contribution in [-0.2, 0) is 9.84 Å². The summed E-state index contributed by atoms with van der Waals surface area (Å²) in [7, 11) is -3.28. The van der Waals surface area contributed by atoms with Crippen molar-refractivity contribution in [3.8, 4) is 5.75 Å². The van der Waals surface area contributed by atoms with Crippen LogP contribution >= 0.6 is 0 Å². The minimum atomic E-state index is -3.28. The van der Waals surface area contributed by atoms with Crippen molar-refractivity contribution in [2.75, 3.05) is 24.7 Å². The number of hydrogen-bond acceptors (Lipinski definition) is 6. The molecule has 26 heavy (non-hydrogen) atoms. The highest BCUT2D eigenvalue weighted by Gasteiger charge is 2.10. The maximum absolute atomic E-state index is 11.8. The maximum atomic E-state index is 11.8. The zero-order chi connectivity index (χ0) is 18.6. The van der Waals surface area contributed by atoms with Crippen LogP contribution in [0.15, 0.2) is 53.7 Å². The van der Waals surface area contributed by atoms with E-state index in [1.807, 2.05) is 31.2 Å². The molecule has 0 saturated heterocycles. The van der Waals surface area contributed by atoms with E-state index in [1.54, 1.807) is 18.2 Å². The minimum Gasteiger partial charge on any atom is -0.494 e. The standard InChI is InChI=1S/C19H21N3O3S/c1-14-4-6-15(7-5-14)25-11-3-10-20-19-17-12-16(26(2,23)24)8-9-18(17)21-13-22-19/h4-9,12-13H,3,10-11H2,1-2H3,(H,20,21,22). The zero-order valence-corrected chi connectivity index (χ0v) is 15.6. The second-order valence-electron chi connectivity index (χ2n) is 6.12. The number of nitrogens with one attached hydrogen (secondary N) is 1. The van der Waals surface area contributed by atoms with Gasteiger partial charge in [0.25, 0.3) is 0 Å². The van der Waals surface area contributed by atoms with E-state index < -0.39 is 9.84 Å². The molecule has 0 aliphatic heterocycles. The molecule has 7 heteroatoms. The fourth-order valence-corrected chi connectivity index (χ4v) is 3.16. The van der Waals surface area contributed by atoms with Crippen LogP contribution in [-0.4, -0.2) is 37.8 Å². The summed E-state index contributed by atoms with van der Waals surface area (Å²) < 4.78 is 29.2. The molecular weight excluding hydrogens is 350 g/mol. The van der Waals surface area contributed by atoms with Crippen LogP contribution < -0.4 is 10.1 Å². The highest BCUT2D eigenvalue weighted by Crippen LogP contribution is 2.23. The van der Waals surface area contributed by atoms with Gasteiger partial charge in [-0.3, -0.25) is 0 Å². The minimum absolute atomic E-state index is 0.255. The number of fused-ring (bicyclic) bond motifs is 1. The topological polar surface area (TPSA) is 81.2 Å². The molecule has 0 unspecified atom stereocenters. The molecule has 0 radical (unpaired) electrons. The average Bonchev–Trinajstić information content (AvgIpc) is 2.62. The lowest BCUT2D eigenvalue weighted by Gasteiger charge is -2.10. The molecule has 136 valence electrons. The summed E-state index contributed by atoms with van der Waals surface area (Å²) in [6, 6.07) is 12.8. The second-order valence-corrected chi connectivity index (χ2v) is 8.13. The van der Waals surface area contributed by atoms with Crippen molar-refractivity contribution >= 4 is 26.6 Å². The third kappa shape index (κ3) is 4.49. The largest absolute Gasteiger partial charge is 0.494 e. The first kappa shape index (κ1) is 18.1. The Kier molecular flexibility index (Phi) is 5.37. The number of benzene rings is 2. The molecule has 0 fully saturated rings. The molecule has 1 N–H and O–H groups in total. The quantitative estimate of drug-likeness (QED) is 0.642. The Balaban J connectivity index is 1.62. The number of ether oxygens (including phenoxy) is 1. The Morgan fingerprint density at radius 1 is 1.08 bits per heavy atom. The Labute approximate surface area is 153 Å². The van der Waals surface area contributed by atoms with Gasteiger partial charge >= 0.3 is 0 Å². The van der Waals surface area contributed by atoms with Gasteiger partial charge in [0.1, 0.15) is 17.9 Å². The van der Waals surface area contributed by atoms with Crippen LogP contribution in [0.3, 0.4) is 0 Å². The number of hydrogen-bond donors (Lipinski definition) is 1. The van der Waals surface area contributed by atoms with Crippen molar-refractivity contribution in [3.63, 3.8) is 0 Å². The third-order valence-corrected chi connectivity index (χ3v) is 5.05. The van der Waals surface area contributed by atoms with Crippen molar-refractivity contribution in [1.29, 1.82) is 0 Å². The number of aromatic nitrogens is 2. The van der Waals surface area contributed by atoms with E-state index in [4.69, 9.17) is 4.74 Å². The molecule has 2 aromatic carbocycles. The lowest BCUT2D eigenvalue weighted by atomic mass is 10.2. The molecule has 0 saturated carbocycles. The van der Waals surface area contributed by atoms with Crippen LogP contribution in [0.2, 0.25) is 0 Å². The summed E-state index contributed by atoms with van der Waals surface area (Å²) in [5.41, 5.74) is 1.90. The summed E-state index contributed by atoms with van der Waals surface area (Å²) in [4.78, 5) is 8.68. The van der Waals surface area contributed by atoms with Crippen molar-refractivity contribution in [3.05, 3.63) is 54.4 Å². The van der Waals surface area contributed by atoms with E-state index in [9.17, 15) is 8.42 Å². The van der Waals surface area contributed by atoms with E-state index in [0.29, 0.717) is 29.9 Å². The number of nitrogens with zero attached hydrogens (tertiary/aromatic N) is 2. The summed E-state index contributed by atoms with van der Waals surface area (Å²) in [6.07, 6.45) is 3.44. The number of rotatable bonds is 7. The summed E-state index contributed by atoms with van der Waals surface area (Å²) in [6.45, 7) is 3.27. The summed E-state index contributed by atoms with van der Waals surface area (Å²) >= 11 is 0. The molecule has 6 nitrogen and oxygen atoms in total. The van der Waals surface area contributed by atoms with Gasteiger partial charge in [-0.25, -0.2) is 18.4 Å². The highest BCUT2D eigenvalue weighted by molar-refractivity contribution is 7.90. The fraction of sp³-hybridized carbons (Fsp3) is 0.263. The van der Waals surface area contributed by atoms with Gasteiger partial charge in [-0.1, -0.05) is 17.7 Å². The van der Waals surface area contributed by atoms with Crippen molar-refractivity contribution in [1.82, 2.24) is 9.97 Å². The first-order valence-corrected chi connectivity index (χ1v) is 10.2. The zero-order valence-electron chi connectivity index (χ0n) is 14.8. The average molecular weight is 371 g/mol. The van der Waals surface area contributed by atoms with E-state index in [-0.39, 0.29) is 4.90 Å². The van der Waals surface area contributed by atoms with E-state index in [2.05, 4.69) is 15.3 Å². The molecular formula is C19H21N3O3S. The lowest BCUT2D eigenvalue weighted by Crippen LogP contribution is -2.09. The third-order valence-electron chi connectivity index (χ3n) is 3.94. The Morgan fingerprint density at radius 2 is 1.85 bits per heavy atom. The number of sulfone groups is 1. The first-order chi connectivity index (χ1) is 12.4.